The first kappa shape index (κ1) is 23.8. The van der Waals surface area contributed by atoms with Gasteiger partial charge in [0.05, 0.1) is 16.6 Å². The Balaban J connectivity index is 1.42. The zero-order chi connectivity index (χ0) is 25.7. The van der Waals surface area contributed by atoms with Gasteiger partial charge in [0.25, 0.3) is 10.0 Å². The highest BCUT2D eigenvalue weighted by Crippen LogP contribution is 2.38. The normalized spacial score (nSPS) is 18.9. The molecule has 0 aliphatic carbocycles. The van der Waals surface area contributed by atoms with Crippen LogP contribution in [0.3, 0.4) is 0 Å². The highest BCUT2D eigenvalue weighted by Gasteiger charge is 2.38. The highest BCUT2D eigenvalue weighted by atomic mass is 32.2. The van der Waals surface area contributed by atoms with Crippen LogP contribution in [0.5, 0.6) is 0 Å². The third-order valence-electron chi connectivity index (χ3n) is 7.52. The second kappa shape index (κ2) is 9.08. The number of fused-ring (bicyclic) bond motifs is 3. The number of nitrogens with zero attached hydrogens (tertiary/aromatic N) is 6. The monoisotopic (exact) mass is 514 g/mol. The lowest BCUT2D eigenvalue weighted by atomic mass is 9.85. The molecule has 1 aliphatic rings. The van der Waals surface area contributed by atoms with Crippen molar-refractivity contribution in [2.45, 2.75) is 38.1 Å². The van der Waals surface area contributed by atoms with E-state index in [9.17, 15) is 8.42 Å². The fourth-order valence-electron chi connectivity index (χ4n) is 5.54. The predicted octanol–water partition coefficient (Wildman–Crippen LogP) is 4.50. The third kappa shape index (κ3) is 4.12. The molecule has 0 spiro atoms. The summed E-state index contributed by atoms with van der Waals surface area (Å²) in [7, 11) is -3.80. The number of hydrogen-bond acceptors (Lipinski definition) is 6. The van der Waals surface area contributed by atoms with Gasteiger partial charge in [0.15, 0.2) is 11.3 Å². The van der Waals surface area contributed by atoms with Crippen molar-refractivity contribution in [3.63, 3.8) is 0 Å². The summed E-state index contributed by atoms with van der Waals surface area (Å²) in [6.07, 6.45) is 3.19. The molecule has 190 valence electrons. The molecule has 8 nitrogen and oxygen atoms in total. The van der Waals surface area contributed by atoms with Crippen molar-refractivity contribution in [1.82, 2.24) is 28.5 Å². The summed E-state index contributed by atoms with van der Waals surface area (Å²) in [6, 6.07) is 19.2. The average Bonchev–Trinajstić information content (AvgIpc) is 3.61. The van der Waals surface area contributed by atoms with Crippen LogP contribution >= 0.6 is 0 Å². The maximum absolute atomic E-state index is 13.5. The maximum atomic E-state index is 13.5. The van der Waals surface area contributed by atoms with Gasteiger partial charge in [0.1, 0.15) is 5.82 Å². The number of benzene rings is 2. The molecular formula is C28H30N6O2S. The van der Waals surface area contributed by atoms with E-state index in [4.69, 9.17) is 0 Å². The molecule has 9 heteroatoms. The fraction of sp³-hybridized carbons (Fsp3) is 0.321. The third-order valence-corrected chi connectivity index (χ3v) is 9.20. The van der Waals surface area contributed by atoms with Crippen molar-refractivity contribution in [3.8, 4) is 0 Å². The number of hydrogen-bond donors (Lipinski definition) is 0. The lowest BCUT2D eigenvalue weighted by Gasteiger charge is -2.20. The van der Waals surface area contributed by atoms with Gasteiger partial charge in [-0.2, -0.15) is 0 Å². The molecule has 1 aliphatic heterocycles. The second-order valence-corrected chi connectivity index (χ2v) is 12.2. The molecule has 2 aromatic carbocycles. The molecule has 2 atom stereocenters. The lowest BCUT2D eigenvalue weighted by Crippen LogP contribution is -2.21. The van der Waals surface area contributed by atoms with Crippen molar-refractivity contribution >= 4 is 26.8 Å². The van der Waals surface area contributed by atoms with Crippen LogP contribution in [0, 0.1) is 18.8 Å². The Morgan fingerprint density at radius 1 is 0.973 bits per heavy atom. The van der Waals surface area contributed by atoms with Crippen molar-refractivity contribution in [3.05, 3.63) is 90.0 Å². The molecule has 0 amide bonds. The number of likely N-dealkylation sites (tertiary alicyclic amines) is 1. The van der Waals surface area contributed by atoms with Crippen molar-refractivity contribution in [2.75, 3.05) is 13.1 Å². The zero-order valence-corrected chi connectivity index (χ0v) is 22.0. The molecule has 0 saturated carbocycles. The average molecular weight is 515 g/mol. The standard InChI is InChI=1S/C28H30N6O2S/c1-19(2)23-17-32(16-21-7-5-4-6-8-21)18-24(23)27-31-30-26-15-29-28-25(34(26)27)13-14-33(28)37(35,36)22-11-9-20(3)10-12-22/h4-15,19,23-24H,16-18H2,1-3H3/t23-,24-/m0/s1. The smallest absolute Gasteiger partial charge is 0.269 e. The Morgan fingerprint density at radius 2 is 1.73 bits per heavy atom. The molecule has 4 heterocycles. The lowest BCUT2D eigenvalue weighted by molar-refractivity contribution is 0.296. The van der Waals surface area contributed by atoms with Gasteiger partial charge in [-0.1, -0.05) is 61.9 Å². The molecule has 37 heavy (non-hydrogen) atoms. The van der Waals surface area contributed by atoms with E-state index in [0.29, 0.717) is 28.6 Å². The predicted molar refractivity (Wildman–Crippen MR) is 143 cm³/mol. The van der Waals surface area contributed by atoms with E-state index in [0.717, 1.165) is 31.0 Å². The number of aryl methyl sites for hydroxylation is 1. The minimum atomic E-state index is -3.80. The van der Waals surface area contributed by atoms with Crippen LogP contribution in [-0.2, 0) is 16.6 Å². The Morgan fingerprint density at radius 3 is 2.46 bits per heavy atom. The van der Waals surface area contributed by atoms with Crippen LogP contribution in [0.15, 0.2) is 78.0 Å². The van der Waals surface area contributed by atoms with Gasteiger partial charge in [-0.25, -0.2) is 17.4 Å². The summed E-state index contributed by atoms with van der Waals surface area (Å²) in [5.41, 5.74) is 3.98. The number of aromatic nitrogens is 5. The molecule has 0 unspecified atom stereocenters. The molecule has 1 saturated heterocycles. The van der Waals surface area contributed by atoms with Gasteiger partial charge < -0.3 is 0 Å². The minimum absolute atomic E-state index is 0.168. The molecule has 6 rings (SSSR count). The van der Waals surface area contributed by atoms with Crippen LogP contribution in [0.2, 0.25) is 0 Å². The molecule has 3 aromatic heterocycles. The van der Waals surface area contributed by atoms with Crippen molar-refractivity contribution in [2.24, 2.45) is 11.8 Å². The van der Waals surface area contributed by atoms with Crippen LogP contribution < -0.4 is 0 Å². The van der Waals surface area contributed by atoms with Crippen LogP contribution in [0.1, 0.15) is 36.7 Å². The van der Waals surface area contributed by atoms with Crippen molar-refractivity contribution < 1.29 is 8.42 Å². The SMILES string of the molecule is Cc1ccc(S(=O)(=O)n2ccc3c2ncc2nnc([C@H]4CN(Cc5ccccc5)C[C@H]4C(C)C)n23)cc1. The molecule has 0 bridgehead atoms. The van der Waals surface area contributed by atoms with Crippen LogP contribution in [-0.4, -0.2) is 50.0 Å². The second-order valence-electron chi connectivity index (χ2n) is 10.3. The van der Waals surface area contributed by atoms with E-state index in [1.807, 2.05) is 17.4 Å². The van der Waals surface area contributed by atoms with Crippen molar-refractivity contribution in [1.29, 1.82) is 0 Å². The first-order valence-corrected chi connectivity index (χ1v) is 14.1. The van der Waals surface area contributed by atoms with E-state index < -0.39 is 10.0 Å². The fourth-order valence-corrected chi connectivity index (χ4v) is 6.84. The Labute approximate surface area is 216 Å². The first-order chi connectivity index (χ1) is 17.8. The van der Waals surface area contributed by atoms with Gasteiger partial charge in [-0.05, 0) is 42.5 Å². The van der Waals surface area contributed by atoms with Gasteiger partial charge >= 0.3 is 0 Å². The molecular weight excluding hydrogens is 484 g/mol. The van der Waals surface area contributed by atoms with Gasteiger partial charge in [-0.15, -0.1) is 10.2 Å². The summed E-state index contributed by atoms with van der Waals surface area (Å²) < 4.78 is 30.2. The Hall–Kier alpha value is -3.56. The van der Waals surface area contributed by atoms with Gasteiger partial charge in [0.2, 0.25) is 0 Å². The van der Waals surface area contributed by atoms with E-state index in [1.54, 1.807) is 42.7 Å². The van der Waals surface area contributed by atoms with E-state index in [-0.39, 0.29) is 10.8 Å². The van der Waals surface area contributed by atoms with E-state index in [2.05, 4.69) is 58.2 Å². The summed E-state index contributed by atoms with van der Waals surface area (Å²) in [6.45, 7) is 9.18. The molecule has 5 aromatic rings. The summed E-state index contributed by atoms with van der Waals surface area (Å²) in [5.74, 6) is 1.89. The largest absolute Gasteiger partial charge is 0.298 e. The minimum Gasteiger partial charge on any atom is -0.298 e. The Bertz CT molecular complexity index is 1670. The molecule has 0 radical (unpaired) electrons. The molecule has 0 N–H and O–H groups in total. The first-order valence-electron chi connectivity index (χ1n) is 12.6. The maximum Gasteiger partial charge on any atom is 0.269 e. The summed E-state index contributed by atoms with van der Waals surface area (Å²) in [5, 5.41) is 9.06. The van der Waals surface area contributed by atoms with Gasteiger partial charge in [-0.3, -0.25) is 9.30 Å². The zero-order valence-electron chi connectivity index (χ0n) is 21.2. The van der Waals surface area contributed by atoms with Crippen LogP contribution in [0.4, 0.5) is 0 Å². The number of rotatable bonds is 6. The molecule has 1 fully saturated rings. The van der Waals surface area contributed by atoms with E-state index in [1.165, 1.54) is 9.54 Å². The topological polar surface area (TPSA) is 85.4 Å². The quantitative estimate of drug-likeness (QED) is 0.332. The Kier molecular flexibility index (Phi) is 5.84. The van der Waals surface area contributed by atoms with Crippen LogP contribution in [0.25, 0.3) is 16.8 Å². The van der Waals surface area contributed by atoms with Gasteiger partial charge in [0, 0.05) is 31.7 Å². The highest BCUT2D eigenvalue weighted by molar-refractivity contribution is 7.90. The summed E-state index contributed by atoms with van der Waals surface area (Å²) >= 11 is 0. The van der Waals surface area contributed by atoms with E-state index >= 15 is 0 Å². The summed E-state index contributed by atoms with van der Waals surface area (Å²) in [4.78, 5) is 7.21.